The number of carbonyl (C=O) groups is 4. The zero-order valence-electron chi connectivity index (χ0n) is 18.9. The highest BCUT2D eigenvalue weighted by Gasteiger charge is 2.18. The molecule has 0 amide bonds. The van der Waals surface area contributed by atoms with E-state index in [2.05, 4.69) is 0 Å². The van der Waals surface area contributed by atoms with E-state index in [1.165, 1.54) is 38.5 Å². The Kier molecular flexibility index (Phi) is 11.2. The average Bonchev–Trinajstić information content (AvgIpc) is 2.88. The van der Waals surface area contributed by atoms with Crippen LogP contribution < -0.4 is 9.47 Å². The van der Waals surface area contributed by atoms with Gasteiger partial charge in [0.25, 0.3) is 11.6 Å². The van der Waals surface area contributed by atoms with Crippen LogP contribution in [0.1, 0.15) is 20.7 Å². The largest absolute Gasteiger partial charge is 0.497 e. The van der Waals surface area contributed by atoms with Gasteiger partial charge in [0.1, 0.15) is 24.7 Å². The second kappa shape index (κ2) is 14.4. The van der Waals surface area contributed by atoms with E-state index in [1.807, 2.05) is 0 Å². The molecule has 2 rings (SSSR count). The first-order valence-electron chi connectivity index (χ1n) is 10.3. The summed E-state index contributed by atoms with van der Waals surface area (Å²) in [4.78, 5) is 47.5. The van der Waals surface area contributed by atoms with Crippen molar-refractivity contribution in [3.63, 3.8) is 0 Å². The van der Waals surface area contributed by atoms with Crippen molar-refractivity contribution in [2.45, 2.75) is 0 Å². The number of benzene rings is 2. The van der Waals surface area contributed by atoms with E-state index in [1.54, 1.807) is 24.3 Å². The van der Waals surface area contributed by atoms with E-state index in [0.717, 1.165) is 0 Å². The molecule has 0 spiro atoms. The van der Waals surface area contributed by atoms with Gasteiger partial charge in [-0.3, -0.25) is 9.59 Å². The minimum Gasteiger partial charge on any atom is -0.497 e. The fraction of sp³-hybridized carbons (Fsp3) is 0.333. The Hall–Kier alpha value is -3.76. The molecule has 0 aliphatic heterocycles. The molecule has 10 heteroatoms. The van der Waals surface area contributed by atoms with Crippen LogP contribution in [0.3, 0.4) is 0 Å². The number of esters is 2. The Bertz CT molecular complexity index is 871. The smallest absolute Gasteiger partial charge is 0.379 e. The summed E-state index contributed by atoms with van der Waals surface area (Å²) in [7, 11) is 3.00. The topological polar surface area (TPSA) is 124 Å². The van der Waals surface area contributed by atoms with Crippen molar-refractivity contribution in [2.75, 3.05) is 53.9 Å². The Morgan fingerprint density at radius 3 is 1.18 bits per heavy atom. The monoisotopic (exact) mass is 474 g/mol. The molecule has 0 bridgehead atoms. The number of hydrogen-bond acceptors (Lipinski definition) is 10. The summed E-state index contributed by atoms with van der Waals surface area (Å²) in [6.07, 6.45) is 0. The minimum absolute atomic E-state index is 0.0797. The normalized spacial score (nSPS) is 10.3. The summed E-state index contributed by atoms with van der Waals surface area (Å²) in [5.41, 5.74) is 0.401. The summed E-state index contributed by atoms with van der Waals surface area (Å²) < 4.78 is 30.2. The number of rotatable bonds is 15. The maximum atomic E-state index is 12.0. The van der Waals surface area contributed by atoms with E-state index in [0.29, 0.717) is 11.5 Å². The van der Waals surface area contributed by atoms with Gasteiger partial charge >= 0.3 is 11.9 Å². The Balaban J connectivity index is 1.49. The molecule has 10 nitrogen and oxygen atoms in total. The van der Waals surface area contributed by atoms with Crippen molar-refractivity contribution in [1.29, 1.82) is 0 Å². The summed E-state index contributed by atoms with van der Waals surface area (Å²) in [5, 5.41) is 0. The molecule has 0 aromatic heterocycles. The predicted octanol–water partition coefficient (Wildman–Crippen LogP) is 1.89. The number of hydrogen-bond donors (Lipinski definition) is 0. The van der Waals surface area contributed by atoms with Crippen LogP contribution in [-0.4, -0.2) is 77.4 Å². The number of methoxy groups -OCH3 is 2. The number of Topliss-reactive ketones (excluding diaryl/α,β-unsaturated/α-hetero) is 2. The van der Waals surface area contributed by atoms with Crippen molar-refractivity contribution < 1.29 is 47.6 Å². The molecular formula is C24H26O10. The highest BCUT2D eigenvalue weighted by Crippen LogP contribution is 2.13. The molecule has 0 atom stereocenters. The number of carbonyl (C=O) groups excluding carboxylic acids is 4. The average molecular weight is 474 g/mol. The molecule has 2 aromatic rings. The highest BCUT2D eigenvalue weighted by molar-refractivity contribution is 6.41. The Morgan fingerprint density at radius 2 is 0.853 bits per heavy atom. The van der Waals surface area contributed by atoms with Gasteiger partial charge in [0, 0.05) is 11.1 Å². The van der Waals surface area contributed by atoms with Crippen molar-refractivity contribution in [2.24, 2.45) is 0 Å². The van der Waals surface area contributed by atoms with Crippen molar-refractivity contribution >= 4 is 23.5 Å². The lowest BCUT2D eigenvalue weighted by Crippen LogP contribution is -2.21. The molecule has 0 heterocycles. The molecule has 34 heavy (non-hydrogen) atoms. The molecule has 0 unspecified atom stereocenters. The number of ketones is 2. The van der Waals surface area contributed by atoms with Crippen LogP contribution in [0.5, 0.6) is 11.5 Å². The maximum Gasteiger partial charge on any atom is 0.379 e. The van der Waals surface area contributed by atoms with Crippen LogP contribution in [0.4, 0.5) is 0 Å². The van der Waals surface area contributed by atoms with Gasteiger partial charge < -0.3 is 28.4 Å². The summed E-state index contributed by atoms with van der Waals surface area (Å²) in [5.74, 6) is -2.33. The molecule has 0 fully saturated rings. The van der Waals surface area contributed by atoms with Gasteiger partial charge in [-0.05, 0) is 48.5 Å². The van der Waals surface area contributed by atoms with Crippen molar-refractivity contribution in [3.05, 3.63) is 59.7 Å². The second-order valence-corrected chi connectivity index (χ2v) is 6.61. The zero-order chi connectivity index (χ0) is 24.8. The highest BCUT2D eigenvalue weighted by atomic mass is 16.6. The standard InChI is InChI=1S/C24H26O10/c1-29-19-7-3-17(4-8-19)21(25)23(27)33-15-13-31-11-12-32-14-16-34-24(28)22(26)18-5-9-20(30-2)10-6-18/h3-10H,11-16H2,1-2H3. The van der Waals surface area contributed by atoms with Crippen LogP contribution in [0, 0.1) is 0 Å². The molecule has 0 aliphatic carbocycles. The van der Waals surface area contributed by atoms with Crippen LogP contribution in [0.2, 0.25) is 0 Å². The van der Waals surface area contributed by atoms with E-state index >= 15 is 0 Å². The van der Waals surface area contributed by atoms with Gasteiger partial charge in [-0.15, -0.1) is 0 Å². The van der Waals surface area contributed by atoms with E-state index < -0.39 is 23.5 Å². The lowest BCUT2D eigenvalue weighted by molar-refractivity contribution is -0.141. The van der Waals surface area contributed by atoms with Crippen molar-refractivity contribution in [1.82, 2.24) is 0 Å². The van der Waals surface area contributed by atoms with Crippen LogP contribution in [-0.2, 0) is 28.5 Å². The van der Waals surface area contributed by atoms with Crippen LogP contribution in [0.15, 0.2) is 48.5 Å². The molecular weight excluding hydrogens is 448 g/mol. The number of ether oxygens (including phenoxy) is 6. The fourth-order valence-electron chi connectivity index (χ4n) is 2.56. The molecule has 0 aliphatic rings. The molecule has 0 N–H and O–H groups in total. The second-order valence-electron chi connectivity index (χ2n) is 6.61. The lowest BCUT2D eigenvalue weighted by atomic mass is 10.1. The van der Waals surface area contributed by atoms with E-state index in [-0.39, 0.29) is 50.8 Å². The summed E-state index contributed by atoms with van der Waals surface area (Å²) in [6, 6.07) is 12.2. The molecule has 2 aromatic carbocycles. The van der Waals surface area contributed by atoms with E-state index in [4.69, 9.17) is 28.4 Å². The SMILES string of the molecule is COc1ccc(C(=O)C(=O)OCCOCCOCCOC(=O)C(=O)c2ccc(OC)cc2)cc1. The maximum absolute atomic E-state index is 12.0. The summed E-state index contributed by atoms with van der Waals surface area (Å²) >= 11 is 0. The van der Waals surface area contributed by atoms with Gasteiger partial charge in [0.05, 0.1) is 40.6 Å². The lowest BCUT2D eigenvalue weighted by Gasteiger charge is -2.08. The predicted molar refractivity (Wildman–Crippen MR) is 118 cm³/mol. The Morgan fingerprint density at radius 1 is 0.529 bits per heavy atom. The van der Waals surface area contributed by atoms with Gasteiger partial charge in [0.15, 0.2) is 0 Å². The first-order chi connectivity index (χ1) is 16.5. The van der Waals surface area contributed by atoms with Gasteiger partial charge in [-0.25, -0.2) is 9.59 Å². The third-order valence-corrected chi connectivity index (χ3v) is 4.37. The quantitative estimate of drug-likeness (QED) is 0.164. The molecule has 0 radical (unpaired) electrons. The zero-order valence-corrected chi connectivity index (χ0v) is 18.9. The van der Waals surface area contributed by atoms with Crippen LogP contribution in [0.25, 0.3) is 0 Å². The first-order valence-corrected chi connectivity index (χ1v) is 10.3. The minimum atomic E-state index is -0.976. The summed E-state index contributed by atoms with van der Waals surface area (Å²) in [6.45, 7) is 0.371. The third kappa shape index (κ3) is 8.64. The van der Waals surface area contributed by atoms with Gasteiger partial charge in [0.2, 0.25) is 0 Å². The third-order valence-electron chi connectivity index (χ3n) is 4.37. The van der Waals surface area contributed by atoms with Crippen LogP contribution >= 0.6 is 0 Å². The molecule has 0 saturated heterocycles. The Labute approximate surface area is 196 Å². The van der Waals surface area contributed by atoms with Gasteiger partial charge in [-0.2, -0.15) is 0 Å². The molecule has 182 valence electrons. The van der Waals surface area contributed by atoms with E-state index in [9.17, 15) is 19.2 Å². The van der Waals surface area contributed by atoms with Crippen molar-refractivity contribution in [3.8, 4) is 11.5 Å². The molecule has 0 saturated carbocycles. The fourth-order valence-corrected chi connectivity index (χ4v) is 2.56. The van der Waals surface area contributed by atoms with Gasteiger partial charge in [-0.1, -0.05) is 0 Å². The first kappa shape index (κ1) is 26.5.